The number of sulfonamides is 1. The number of hydrogen-bond acceptors (Lipinski definition) is 5. The van der Waals surface area contributed by atoms with Crippen molar-refractivity contribution < 1.29 is 17.9 Å². The number of nitrogens with one attached hydrogen (secondary N) is 1. The summed E-state index contributed by atoms with van der Waals surface area (Å²) in [6.45, 7) is 5.66. The number of hydrogen-bond donors (Lipinski definition) is 1. The van der Waals surface area contributed by atoms with Crippen molar-refractivity contribution in [1.82, 2.24) is 14.5 Å². The van der Waals surface area contributed by atoms with Crippen LogP contribution in [0.1, 0.15) is 33.1 Å². The molecule has 1 spiro atoms. The smallest absolute Gasteiger partial charge is 0.243 e. The molecule has 7 nitrogen and oxygen atoms in total. The summed E-state index contributed by atoms with van der Waals surface area (Å²) in [5, 5.41) is 4.07. The number of amides is 1. The Balaban J connectivity index is 1.80. The van der Waals surface area contributed by atoms with E-state index in [1.165, 1.54) is 22.5 Å². The van der Waals surface area contributed by atoms with E-state index in [1.54, 1.807) is 7.11 Å². The SMILES string of the molecule is CC[C@@H](C)[C@H]1NC2(CCN(S(=O)(=O)c3ccc(Cl)c(Cl)c3)CC2)N(CCOC)C1=O. The first kappa shape index (κ1) is 23.8. The molecule has 10 heteroatoms. The Morgan fingerprint density at radius 3 is 2.50 bits per heavy atom. The molecule has 1 N–H and O–H groups in total. The minimum atomic E-state index is -3.70. The summed E-state index contributed by atoms with van der Waals surface area (Å²) in [4.78, 5) is 15.1. The van der Waals surface area contributed by atoms with Crippen LogP contribution in [0.5, 0.6) is 0 Å². The predicted molar refractivity (Wildman–Crippen MR) is 117 cm³/mol. The number of carbonyl (C=O) groups is 1. The van der Waals surface area contributed by atoms with Gasteiger partial charge in [-0.1, -0.05) is 43.5 Å². The highest BCUT2D eigenvalue weighted by molar-refractivity contribution is 7.89. The van der Waals surface area contributed by atoms with Gasteiger partial charge in [0.15, 0.2) is 0 Å². The van der Waals surface area contributed by atoms with Crippen LogP contribution < -0.4 is 5.32 Å². The van der Waals surface area contributed by atoms with Gasteiger partial charge >= 0.3 is 0 Å². The molecule has 2 heterocycles. The highest BCUT2D eigenvalue weighted by Gasteiger charge is 2.53. The first-order valence-corrected chi connectivity index (χ1v) is 12.4. The third-order valence-corrected chi connectivity index (χ3v) is 8.92. The van der Waals surface area contributed by atoms with Gasteiger partial charge in [0.2, 0.25) is 15.9 Å². The predicted octanol–water partition coefficient (Wildman–Crippen LogP) is 2.97. The Bertz CT molecular complexity index is 888. The zero-order valence-electron chi connectivity index (χ0n) is 17.5. The summed E-state index contributed by atoms with van der Waals surface area (Å²) in [6, 6.07) is 4.08. The van der Waals surface area contributed by atoms with Crippen LogP contribution in [0.25, 0.3) is 0 Å². The number of piperidine rings is 1. The Hall–Kier alpha value is -0.900. The maximum absolute atomic E-state index is 13.1. The van der Waals surface area contributed by atoms with Gasteiger partial charge in [-0.05, 0) is 37.0 Å². The van der Waals surface area contributed by atoms with Crippen LogP contribution in [0, 0.1) is 5.92 Å². The average molecular weight is 478 g/mol. The molecule has 0 bridgehead atoms. The lowest BCUT2D eigenvalue weighted by molar-refractivity contribution is -0.134. The zero-order chi connectivity index (χ0) is 22.1. The van der Waals surface area contributed by atoms with E-state index in [1.807, 2.05) is 4.90 Å². The highest BCUT2D eigenvalue weighted by Crippen LogP contribution is 2.36. The molecule has 2 aliphatic heterocycles. The van der Waals surface area contributed by atoms with Crippen molar-refractivity contribution in [3.8, 4) is 0 Å². The van der Waals surface area contributed by atoms with Crippen molar-refractivity contribution in [2.45, 2.75) is 49.7 Å². The Morgan fingerprint density at radius 1 is 1.27 bits per heavy atom. The summed E-state index contributed by atoms with van der Waals surface area (Å²) in [5.74, 6) is 0.266. The Kier molecular flexibility index (Phi) is 7.37. The second-order valence-corrected chi connectivity index (χ2v) is 10.8. The number of rotatable bonds is 7. The van der Waals surface area contributed by atoms with Crippen molar-refractivity contribution in [3.63, 3.8) is 0 Å². The van der Waals surface area contributed by atoms with Gasteiger partial charge in [0.25, 0.3) is 0 Å². The van der Waals surface area contributed by atoms with Crippen molar-refractivity contribution in [1.29, 1.82) is 0 Å². The van der Waals surface area contributed by atoms with Gasteiger partial charge in [0.05, 0.1) is 33.3 Å². The molecule has 2 atom stereocenters. The molecule has 168 valence electrons. The molecule has 0 saturated carbocycles. The fourth-order valence-electron chi connectivity index (χ4n) is 4.23. The maximum atomic E-state index is 13.1. The second kappa shape index (κ2) is 9.30. The van der Waals surface area contributed by atoms with E-state index < -0.39 is 15.7 Å². The Morgan fingerprint density at radius 2 is 1.93 bits per heavy atom. The second-order valence-electron chi connectivity index (χ2n) is 8.00. The van der Waals surface area contributed by atoms with E-state index in [4.69, 9.17) is 27.9 Å². The van der Waals surface area contributed by atoms with E-state index in [-0.39, 0.29) is 27.8 Å². The van der Waals surface area contributed by atoms with E-state index in [2.05, 4.69) is 19.2 Å². The fraction of sp³-hybridized carbons (Fsp3) is 0.650. The lowest BCUT2D eigenvalue weighted by atomic mass is 9.96. The van der Waals surface area contributed by atoms with Crippen molar-refractivity contribution >= 4 is 39.1 Å². The molecule has 0 unspecified atom stereocenters. The van der Waals surface area contributed by atoms with Gasteiger partial charge in [0, 0.05) is 26.7 Å². The summed E-state index contributed by atoms with van der Waals surface area (Å²) in [6.07, 6.45) is 1.90. The van der Waals surface area contributed by atoms with E-state index in [0.717, 1.165) is 6.42 Å². The van der Waals surface area contributed by atoms with Gasteiger partial charge in [-0.3, -0.25) is 10.1 Å². The molecule has 3 rings (SSSR count). The Labute approximate surface area is 188 Å². The highest BCUT2D eigenvalue weighted by atomic mass is 35.5. The van der Waals surface area contributed by atoms with Gasteiger partial charge < -0.3 is 9.64 Å². The van der Waals surface area contributed by atoms with Crippen LogP contribution in [-0.2, 0) is 19.6 Å². The summed E-state index contributed by atoms with van der Waals surface area (Å²) in [5.41, 5.74) is -0.548. The van der Waals surface area contributed by atoms with Gasteiger partial charge in [-0.2, -0.15) is 4.31 Å². The molecule has 2 fully saturated rings. The quantitative estimate of drug-likeness (QED) is 0.652. The lowest BCUT2D eigenvalue weighted by Crippen LogP contribution is -2.60. The molecule has 0 aromatic heterocycles. The molecule has 0 aliphatic carbocycles. The van der Waals surface area contributed by atoms with E-state index >= 15 is 0 Å². The third-order valence-electron chi connectivity index (χ3n) is 6.28. The molecular weight excluding hydrogens is 449 g/mol. The van der Waals surface area contributed by atoms with Crippen LogP contribution >= 0.6 is 23.2 Å². The molecule has 30 heavy (non-hydrogen) atoms. The van der Waals surface area contributed by atoms with Crippen LogP contribution in [-0.4, -0.2) is 68.6 Å². The number of benzene rings is 1. The average Bonchev–Trinajstić information content (AvgIpc) is 2.99. The first-order chi connectivity index (χ1) is 14.2. The van der Waals surface area contributed by atoms with E-state index in [0.29, 0.717) is 44.1 Å². The molecule has 2 saturated heterocycles. The maximum Gasteiger partial charge on any atom is 0.243 e. The summed E-state index contributed by atoms with van der Waals surface area (Å²) >= 11 is 11.9. The third kappa shape index (κ3) is 4.36. The molecule has 1 aromatic rings. The van der Waals surface area contributed by atoms with Crippen molar-refractivity contribution in [2.24, 2.45) is 5.92 Å². The van der Waals surface area contributed by atoms with Crippen molar-refractivity contribution in [3.05, 3.63) is 28.2 Å². The molecule has 2 aliphatic rings. The molecule has 1 amide bonds. The van der Waals surface area contributed by atoms with E-state index in [9.17, 15) is 13.2 Å². The largest absolute Gasteiger partial charge is 0.383 e. The molecule has 1 aromatic carbocycles. The topological polar surface area (TPSA) is 79.0 Å². The minimum absolute atomic E-state index is 0.0715. The minimum Gasteiger partial charge on any atom is -0.383 e. The summed E-state index contributed by atoms with van der Waals surface area (Å²) in [7, 11) is -2.09. The number of methoxy groups -OCH3 is 1. The van der Waals surface area contributed by atoms with Crippen LogP contribution in [0.15, 0.2) is 23.1 Å². The van der Waals surface area contributed by atoms with Gasteiger partial charge in [-0.15, -0.1) is 0 Å². The zero-order valence-corrected chi connectivity index (χ0v) is 19.9. The van der Waals surface area contributed by atoms with Crippen LogP contribution in [0.4, 0.5) is 0 Å². The van der Waals surface area contributed by atoms with Crippen LogP contribution in [0.2, 0.25) is 10.0 Å². The normalized spacial score (nSPS) is 23.3. The monoisotopic (exact) mass is 477 g/mol. The number of nitrogens with zero attached hydrogens (tertiary/aromatic N) is 2. The fourth-order valence-corrected chi connectivity index (χ4v) is 6.06. The van der Waals surface area contributed by atoms with Gasteiger partial charge in [0.1, 0.15) is 0 Å². The molecule has 0 radical (unpaired) electrons. The van der Waals surface area contributed by atoms with Crippen LogP contribution in [0.3, 0.4) is 0 Å². The van der Waals surface area contributed by atoms with Crippen molar-refractivity contribution in [2.75, 3.05) is 33.4 Å². The number of halogens is 2. The van der Waals surface area contributed by atoms with Gasteiger partial charge in [-0.25, -0.2) is 8.42 Å². The standard InChI is InChI=1S/C20H29Cl2N3O4S/c1-4-14(2)18-19(26)25(11-12-29-3)20(23-18)7-9-24(10-8-20)30(27,28)15-5-6-16(21)17(22)13-15/h5-6,13-14,18,23H,4,7-12H2,1-3H3/t14-,18-/m1/s1. The summed E-state index contributed by atoms with van der Waals surface area (Å²) < 4.78 is 32.9. The molecular formula is C20H29Cl2N3O4S. The first-order valence-electron chi connectivity index (χ1n) is 10.2. The number of ether oxygens (including phenoxy) is 1. The number of carbonyl (C=O) groups excluding carboxylic acids is 1. The lowest BCUT2D eigenvalue weighted by Gasteiger charge is -2.44.